The van der Waals surface area contributed by atoms with Gasteiger partial charge in [-0.15, -0.1) is 0 Å². The second kappa shape index (κ2) is 9.75. The van der Waals surface area contributed by atoms with E-state index in [2.05, 4.69) is 61.1 Å². The minimum Gasteiger partial charge on any atom is -0.411 e. The van der Waals surface area contributed by atoms with Crippen LogP contribution in [-0.2, 0) is 15.7 Å². The minimum atomic E-state index is -2.00. The number of hydrogen-bond acceptors (Lipinski definition) is 8. The molecule has 1 aliphatic rings. The molecule has 1 fully saturated rings. The van der Waals surface area contributed by atoms with E-state index in [-0.39, 0.29) is 47.2 Å². The monoisotopic (exact) mass is 514 g/mol. The number of ether oxygens (including phenoxy) is 1. The quantitative estimate of drug-likeness (QED) is 0.250. The third-order valence-corrected chi connectivity index (χ3v) is 11.7. The number of benzene rings is 1. The number of aromatic amines is 1. The number of fused-ring (bicyclic) bond motifs is 1. The summed E-state index contributed by atoms with van der Waals surface area (Å²) in [4.78, 5) is 35.1. The summed E-state index contributed by atoms with van der Waals surface area (Å²) in [6.07, 6.45) is 2.51. The molecular formula is C24H34N6O5Si. The van der Waals surface area contributed by atoms with Gasteiger partial charge in [-0.3, -0.25) is 24.5 Å². The van der Waals surface area contributed by atoms with Gasteiger partial charge >= 0.3 is 0 Å². The van der Waals surface area contributed by atoms with E-state index in [1.807, 2.05) is 0 Å². The van der Waals surface area contributed by atoms with E-state index in [1.165, 1.54) is 6.07 Å². The molecule has 194 valence electrons. The summed E-state index contributed by atoms with van der Waals surface area (Å²) in [7, 11) is -2.00. The number of imidazole rings is 1. The maximum Gasteiger partial charge on any atom is 0.280 e. The molecule has 0 spiro atoms. The predicted octanol–water partition coefficient (Wildman–Crippen LogP) is 4.73. The molecule has 3 aromatic rings. The van der Waals surface area contributed by atoms with Gasteiger partial charge in [-0.2, -0.15) is 4.98 Å². The zero-order chi connectivity index (χ0) is 26.3. The van der Waals surface area contributed by atoms with Crippen LogP contribution in [0.4, 0.5) is 11.6 Å². The van der Waals surface area contributed by atoms with E-state index in [0.717, 1.165) is 6.42 Å². The standard InChI is InChI=1S/C24H34N6O5Si/c1-7-17-18(35-36(5,6)24(2,3)4)12-19(34-17)29-14-26-20-21(29)27-23(28-22(20)31)25-13-15-10-8-9-11-16(15)30(32)33/h8-11,14,17-19H,7,12-13H2,1-6H3,(H2,25,27,28,31)/t17-,18?,19-/m1/s1. The molecule has 3 heterocycles. The van der Waals surface area contributed by atoms with Crippen LogP contribution in [-0.4, -0.2) is 45.0 Å². The number of nitro benzene ring substituents is 1. The summed E-state index contributed by atoms with van der Waals surface area (Å²) in [6, 6.07) is 6.43. The van der Waals surface area contributed by atoms with Crippen molar-refractivity contribution in [3.8, 4) is 0 Å². The highest BCUT2D eigenvalue weighted by atomic mass is 28.4. The highest BCUT2D eigenvalue weighted by molar-refractivity contribution is 6.74. The first kappa shape index (κ1) is 26.0. The molecule has 36 heavy (non-hydrogen) atoms. The van der Waals surface area contributed by atoms with Crippen LogP contribution < -0.4 is 10.9 Å². The third kappa shape index (κ3) is 5.06. The minimum absolute atomic E-state index is 0.00352. The van der Waals surface area contributed by atoms with Crippen LogP contribution in [0.25, 0.3) is 11.2 Å². The van der Waals surface area contributed by atoms with Crippen LogP contribution >= 0.6 is 0 Å². The molecule has 4 rings (SSSR count). The third-order valence-electron chi connectivity index (χ3n) is 7.21. The largest absolute Gasteiger partial charge is 0.411 e. The number of anilines is 1. The summed E-state index contributed by atoms with van der Waals surface area (Å²) in [5, 5.41) is 14.4. The Hall–Kier alpha value is -3.09. The molecule has 1 aromatic carbocycles. The molecule has 1 saturated heterocycles. The van der Waals surface area contributed by atoms with E-state index in [1.54, 1.807) is 29.1 Å². The van der Waals surface area contributed by atoms with Crippen LogP contribution in [0.3, 0.4) is 0 Å². The van der Waals surface area contributed by atoms with Crippen LogP contribution in [0.5, 0.6) is 0 Å². The molecule has 0 saturated carbocycles. The number of H-pyrrole nitrogens is 1. The van der Waals surface area contributed by atoms with E-state index >= 15 is 0 Å². The van der Waals surface area contributed by atoms with E-state index in [9.17, 15) is 14.9 Å². The zero-order valence-electron chi connectivity index (χ0n) is 21.6. The Morgan fingerprint density at radius 2 is 2.06 bits per heavy atom. The Labute approximate surface area is 210 Å². The van der Waals surface area contributed by atoms with Crippen molar-refractivity contribution in [1.82, 2.24) is 19.5 Å². The van der Waals surface area contributed by atoms with Gasteiger partial charge < -0.3 is 14.5 Å². The van der Waals surface area contributed by atoms with E-state index in [4.69, 9.17) is 9.16 Å². The summed E-state index contributed by atoms with van der Waals surface area (Å²) in [5.41, 5.74) is 0.668. The highest BCUT2D eigenvalue weighted by Gasteiger charge is 2.44. The van der Waals surface area contributed by atoms with Gasteiger partial charge in [0.1, 0.15) is 6.23 Å². The Morgan fingerprint density at radius 1 is 1.33 bits per heavy atom. The lowest BCUT2D eigenvalue weighted by Gasteiger charge is -2.39. The summed E-state index contributed by atoms with van der Waals surface area (Å²) in [6.45, 7) is 13.3. The Morgan fingerprint density at radius 3 is 2.72 bits per heavy atom. The van der Waals surface area contributed by atoms with Gasteiger partial charge in [0, 0.05) is 24.6 Å². The van der Waals surface area contributed by atoms with Crippen molar-refractivity contribution in [2.45, 2.75) is 83.6 Å². The molecule has 3 atom stereocenters. The lowest BCUT2D eigenvalue weighted by molar-refractivity contribution is -0.385. The molecule has 11 nitrogen and oxygen atoms in total. The van der Waals surface area contributed by atoms with E-state index < -0.39 is 18.8 Å². The van der Waals surface area contributed by atoms with E-state index in [0.29, 0.717) is 17.6 Å². The number of nitro groups is 1. The normalized spacial score (nSPS) is 20.7. The molecule has 1 unspecified atom stereocenters. The van der Waals surface area contributed by atoms with Crippen LogP contribution in [0.15, 0.2) is 35.4 Å². The summed E-state index contributed by atoms with van der Waals surface area (Å²) < 4.78 is 14.8. The van der Waals surface area contributed by atoms with Crippen LogP contribution in [0.1, 0.15) is 52.3 Å². The first-order chi connectivity index (χ1) is 16.9. The van der Waals surface area contributed by atoms with Gasteiger partial charge in [-0.1, -0.05) is 45.9 Å². The Balaban J connectivity index is 1.59. The fourth-order valence-corrected chi connectivity index (χ4v) is 5.51. The second-order valence-corrected chi connectivity index (χ2v) is 15.4. The zero-order valence-corrected chi connectivity index (χ0v) is 22.6. The molecule has 0 amide bonds. The molecule has 2 aromatic heterocycles. The first-order valence-electron chi connectivity index (χ1n) is 12.2. The van der Waals surface area contributed by atoms with Gasteiger partial charge in [0.05, 0.1) is 23.5 Å². The van der Waals surface area contributed by atoms with Gasteiger partial charge in [0.2, 0.25) is 5.95 Å². The second-order valence-electron chi connectivity index (χ2n) is 10.7. The fourth-order valence-electron chi connectivity index (χ4n) is 4.15. The van der Waals surface area contributed by atoms with Gasteiger partial charge in [0.15, 0.2) is 19.5 Å². The molecule has 1 aliphatic heterocycles. The van der Waals surface area contributed by atoms with Crippen molar-refractivity contribution < 1.29 is 14.1 Å². The Kier molecular flexibility index (Phi) is 7.04. The number of nitrogens with zero attached hydrogens (tertiary/aromatic N) is 4. The van der Waals surface area contributed by atoms with Crippen molar-refractivity contribution in [1.29, 1.82) is 0 Å². The SMILES string of the molecule is CC[C@H]1O[C@@H](n2cnc3c(=O)[nH]c(NCc4ccccc4[N+](=O)[O-])nc32)CC1O[Si](C)(C)C(C)(C)C. The van der Waals surface area contributed by atoms with Gasteiger partial charge in [-0.25, -0.2) is 4.98 Å². The number of hydrogen-bond donors (Lipinski definition) is 2. The number of para-hydroxylation sites is 1. The number of nitrogens with one attached hydrogen (secondary N) is 2. The smallest absolute Gasteiger partial charge is 0.280 e. The van der Waals surface area contributed by atoms with Crippen LogP contribution in [0.2, 0.25) is 18.1 Å². The fraction of sp³-hybridized carbons (Fsp3) is 0.542. The summed E-state index contributed by atoms with van der Waals surface area (Å²) >= 11 is 0. The average Bonchev–Trinajstić information content (AvgIpc) is 3.40. The first-order valence-corrected chi connectivity index (χ1v) is 15.1. The Bertz CT molecular complexity index is 1310. The average molecular weight is 515 g/mol. The maximum atomic E-state index is 12.7. The van der Waals surface area contributed by atoms with Crippen molar-refractivity contribution in [2.24, 2.45) is 0 Å². The molecule has 0 aliphatic carbocycles. The molecule has 0 bridgehead atoms. The van der Waals surface area contributed by atoms with Crippen molar-refractivity contribution in [2.75, 3.05) is 5.32 Å². The van der Waals surface area contributed by atoms with Crippen LogP contribution in [0, 0.1) is 10.1 Å². The maximum absolute atomic E-state index is 12.7. The van der Waals surface area contributed by atoms with Gasteiger partial charge in [0.25, 0.3) is 11.2 Å². The lowest BCUT2D eigenvalue weighted by atomic mass is 10.1. The molecular weight excluding hydrogens is 480 g/mol. The number of rotatable bonds is 8. The highest BCUT2D eigenvalue weighted by Crippen LogP contribution is 2.42. The van der Waals surface area contributed by atoms with Crippen molar-refractivity contribution in [3.63, 3.8) is 0 Å². The predicted molar refractivity (Wildman–Crippen MR) is 139 cm³/mol. The summed E-state index contributed by atoms with van der Waals surface area (Å²) in [5.74, 6) is 0.200. The number of aromatic nitrogens is 4. The topological polar surface area (TPSA) is 137 Å². The molecule has 12 heteroatoms. The molecule has 2 N–H and O–H groups in total. The van der Waals surface area contributed by atoms with Crippen molar-refractivity contribution in [3.05, 3.63) is 56.6 Å². The lowest BCUT2D eigenvalue weighted by Crippen LogP contribution is -2.45. The molecule has 0 radical (unpaired) electrons. The van der Waals surface area contributed by atoms with Gasteiger partial charge in [-0.05, 0) is 24.6 Å². The van der Waals surface area contributed by atoms with Crippen molar-refractivity contribution >= 4 is 31.1 Å².